The Hall–Kier alpha value is -2.56. The van der Waals surface area contributed by atoms with Crippen molar-refractivity contribution < 1.29 is 35.7 Å². The van der Waals surface area contributed by atoms with Crippen LogP contribution in [0.2, 0.25) is 0 Å². The third-order valence-electron chi connectivity index (χ3n) is 5.09. The molecule has 0 radical (unpaired) electrons. The molecule has 2 aromatic rings. The predicted molar refractivity (Wildman–Crippen MR) is 97.9 cm³/mol. The van der Waals surface area contributed by atoms with Crippen LogP contribution in [-0.2, 0) is 30.1 Å². The number of nitrogens with zero attached hydrogens (tertiary/aromatic N) is 3. The summed E-state index contributed by atoms with van der Waals surface area (Å²) in [6.07, 6.45) is -9.90. The Morgan fingerprint density at radius 2 is 1.77 bits per heavy atom. The predicted octanol–water partition coefficient (Wildman–Crippen LogP) is 4.30. The standard InChI is InChI=1S/C20H21F6N3O2/c1-13-9-16(27-31-13)12-28-5-2-6-29(8-7-28)18(30)10-14-3-4-15(19(21,22)23)11-17(14)20(24,25)26/h3-4,9,11H,2,5-8,10,12H2,1H3. The third-order valence-corrected chi connectivity index (χ3v) is 5.09. The number of aromatic nitrogens is 1. The quantitative estimate of drug-likeness (QED) is 0.654. The summed E-state index contributed by atoms with van der Waals surface area (Å²) in [5.74, 6) is 0.128. The lowest BCUT2D eigenvalue weighted by molar-refractivity contribution is -0.143. The molecule has 0 saturated carbocycles. The maximum Gasteiger partial charge on any atom is 0.416 e. The van der Waals surface area contributed by atoms with Gasteiger partial charge in [0.15, 0.2) is 0 Å². The highest BCUT2D eigenvalue weighted by molar-refractivity contribution is 5.79. The van der Waals surface area contributed by atoms with E-state index < -0.39 is 41.4 Å². The Bertz CT molecular complexity index is 922. The highest BCUT2D eigenvalue weighted by Gasteiger charge is 2.38. The number of hydrogen-bond donors (Lipinski definition) is 0. The molecule has 11 heteroatoms. The van der Waals surface area contributed by atoms with E-state index in [0.717, 1.165) is 11.8 Å². The first-order valence-electron chi connectivity index (χ1n) is 9.63. The summed E-state index contributed by atoms with van der Waals surface area (Å²) in [7, 11) is 0. The Kier molecular flexibility index (Phi) is 6.63. The molecule has 1 aromatic heterocycles. The molecule has 0 unspecified atom stereocenters. The molecule has 0 bridgehead atoms. The summed E-state index contributed by atoms with van der Waals surface area (Å²) in [6.45, 7) is 4.12. The smallest absolute Gasteiger partial charge is 0.361 e. The molecular formula is C20H21F6N3O2. The minimum Gasteiger partial charge on any atom is -0.361 e. The van der Waals surface area contributed by atoms with Gasteiger partial charge in [0.2, 0.25) is 5.91 Å². The number of amides is 1. The van der Waals surface area contributed by atoms with Crippen LogP contribution in [-0.4, -0.2) is 47.0 Å². The highest BCUT2D eigenvalue weighted by atomic mass is 19.4. The molecule has 1 aliphatic heterocycles. The van der Waals surface area contributed by atoms with E-state index in [1.807, 2.05) is 0 Å². The number of hydrogen-bond acceptors (Lipinski definition) is 4. The van der Waals surface area contributed by atoms with Gasteiger partial charge in [-0.2, -0.15) is 26.3 Å². The molecular weight excluding hydrogens is 428 g/mol. The van der Waals surface area contributed by atoms with Crippen LogP contribution < -0.4 is 0 Å². The van der Waals surface area contributed by atoms with Crippen molar-refractivity contribution in [3.63, 3.8) is 0 Å². The molecule has 1 aromatic carbocycles. The van der Waals surface area contributed by atoms with Crippen LogP contribution in [0.15, 0.2) is 28.8 Å². The van der Waals surface area contributed by atoms with E-state index in [0.29, 0.717) is 51.0 Å². The number of aryl methyl sites for hydroxylation is 1. The second-order valence-electron chi connectivity index (χ2n) is 7.48. The molecule has 170 valence electrons. The second-order valence-corrected chi connectivity index (χ2v) is 7.48. The van der Waals surface area contributed by atoms with E-state index in [1.165, 1.54) is 4.90 Å². The van der Waals surface area contributed by atoms with Gasteiger partial charge in [0.05, 0.1) is 23.2 Å². The van der Waals surface area contributed by atoms with Gasteiger partial charge < -0.3 is 9.42 Å². The molecule has 0 atom stereocenters. The molecule has 0 spiro atoms. The van der Waals surface area contributed by atoms with Crippen molar-refractivity contribution in [2.45, 2.75) is 38.7 Å². The van der Waals surface area contributed by atoms with Crippen molar-refractivity contribution in [3.8, 4) is 0 Å². The Morgan fingerprint density at radius 1 is 1.03 bits per heavy atom. The molecule has 1 aliphatic rings. The molecule has 0 N–H and O–H groups in total. The zero-order valence-electron chi connectivity index (χ0n) is 16.7. The Morgan fingerprint density at radius 3 is 2.39 bits per heavy atom. The lowest BCUT2D eigenvalue weighted by atomic mass is 10.00. The van der Waals surface area contributed by atoms with Crippen molar-refractivity contribution in [2.24, 2.45) is 0 Å². The maximum atomic E-state index is 13.3. The highest BCUT2D eigenvalue weighted by Crippen LogP contribution is 2.37. The number of alkyl halides is 6. The summed E-state index contributed by atoms with van der Waals surface area (Å²) in [4.78, 5) is 16.1. The van der Waals surface area contributed by atoms with Crippen molar-refractivity contribution in [3.05, 3.63) is 52.4 Å². The first kappa shape index (κ1) is 23.1. The lowest BCUT2D eigenvalue weighted by Crippen LogP contribution is -2.36. The maximum absolute atomic E-state index is 13.3. The minimum atomic E-state index is -5.00. The number of halogens is 6. The van der Waals surface area contributed by atoms with Gasteiger partial charge in [-0.25, -0.2) is 0 Å². The summed E-state index contributed by atoms with van der Waals surface area (Å²) in [5.41, 5.74) is -2.56. The molecule has 31 heavy (non-hydrogen) atoms. The number of carbonyl (C=O) groups is 1. The topological polar surface area (TPSA) is 49.6 Å². The number of carbonyl (C=O) groups excluding carboxylic acids is 1. The lowest BCUT2D eigenvalue weighted by Gasteiger charge is -2.22. The van der Waals surface area contributed by atoms with Crippen LogP contribution in [0.4, 0.5) is 26.3 Å². The monoisotopic (exact) mass is 449 g/mol. The Balaban J connectivity index is 1.68. The van der Waals surface area contributed by atoms with Gasteiger partial charge >= 0.3 is 12.4 Å². The largest absolute Gasteiger partial charge is 0.416 e. The second kappa shape index (κ2) is 8.89. The van der Waals surface area contributed by atoms with Crippen LogP contribution >= 0.6 is 0 Å². The molecule has 2 heterocycles. The summed E-state index contributed by atoms with van der Waals surface area (Å²) < 4.78 is 83.5. The first-order chi connectivity index (χ1) is 14.4. The van der Waals surface area contributed by atoms with Crippen LogP contribution in [0.5, 0.6) is 0 Å². The van der Waals surface area contributed by atoms with Gasteiger partial charge in [0.1, 0.15) is 5.76 Å². The molecule has 1 fully saturated rings. The molecule has 1 amide bonds. The third kappa shape index (κ3) is 5.99. The van der Waals surface area contributed by atoms with Crippen LogP contribution in [0, 0.1) is 6.92 Å². The molecule has 0 aliphatic carbocycles. The first-order valence-corrected chi connectivity index (χ1v) is 9.63. The van der Waals surface area contributed by atoms with Gasteiger partial charge in [-0.05, 0) is 31.0 Å². The van der Waals surface area contributed by atoms with Gasteiger partial charge in [-0.15, -0.1) is 0 Å². The molecule has 5 nitrogen and oxygen atoms in total. The van der Waals surface area contributed by atoms with Crippen molar-refractivity contribution >= 4 is 5.91 Å². The van der Waals surface area contributed by atoms with Gasteiger partial charge in [0, 0.05) is 38.8 Å². The fourth-order valence-corrected chi connectivity index (χ4v) is 3.55. The normalized spacial score (nSPS) is 16.4. The van der Waals surface area contributed by atoms with E-state index in [9.17, 15) is 31.1 Å². The van der Waals surface area contributed by atoms with Gasteiger partial charge in [0.25, 0.3) is 0 Å². The molecule has 3 rings (SSSR count). The average molecular weight is 449 g/mol. The minimum absolute atomic E-state index is 0.0622. The van der Waals surface area contributed by atoms with Crippen molar-refractivity contribution in [2.75, 3.05) is 26.2 Å². The van der Waals surface area contributed by atoms with E-state index in [-0.39, 0.29) is 6.07 Å². The average Bonchev–Trinajstić information content (AvgIpc) is 2.92. The van der Waals surface area contributed by atoms with Crippen LogP contribution in [0.25, 0.3) is 0 Å². The van der Waals surface area contributed by atoms with E-state index >= 15 is 0 Å². The summed E-state index contributed by atoms with van der Waals surface area (Å²) in [6, 6.07) is 3.17. The number of benzene rings is 1. The van der Waals surface area contributed by atoms with Crippen LogP contribution in [0.1, 0.15) is 34.6 Å². The number of rotatable bonds is 4. The summed E-state index contributed by atoms with van der Waals surface area (Å²) in [5, 5.41) is 3.92. The SMILES string of the molecule is Cc1cc(CN2CCCN(C(=O)Cc3ccc(C(F)(F)F)cc3C(F)(F)F)CC2)no1. The van der Waals surface area contributed by atoms with E-state index in [4.69, 9.17) is 4.52 Å². The Labute approximate surface area is 174 Å². The van der Waals surface area contributed by atoms with Crippen molar-refractivity contribution in [1.82, 2.24) is 15.0 Å². The van der Waals surface area contributed by atoms with Gasteiger partial charge in [-0.3, -0.25) is 9.69 Å². The fraction of sp³-hybridized carbons (Fsp3) is 0.500. The fourth-order valence-electron chi connectivity index (χ4n) is 3.55. The van der Waals surface area contributed by atoms with E-state index in [1.54, 1.807) is 13.0 Å². The van der Waals surface area contributed by atoms with Gasteiger partial charge in [-0.1, -0.05) is 11.2 Å². The summed E-state index contributed by atoms with van der Waals surface area (Å²) >= 11 is 0. The zero-order valence-corrected chi connectivity index (χ0v) is 16.7. The van der Waals surface area contributed by atoms with Crippen LogP contribution in [0.3, 0.4) is 0 Å². The van der Waals surface area contributed by atoms with Crippen molar-refractivity contribution in [1.29, 1.82) is 0 Å². The van der Waals surface area contributed by atoms with E-state index in [2.05, 4.69) is 10.1 Å². The molecule has 1 saturated heterocycles. The zero-order chi connectivity index (χ0) is 22.8.